The topological polar surface area (TPSA) is 40.6 Å². The smallest absolute Gasteiger partial charge is 0.309 e. The number of hydrogen-bond acceptors (Lipinski definition) is 2. The molecule has 0 fully saturated rings. The van der Waals surface area contributed by atoms with Crippen LogP contribution in [0.3, 0.4) is 0 Å². The van der Waals surface area contributed by atoms with Crippen LogP contribution in [0.5, 0.6) is 0 Å². The second-order valence-corrected chi connectivity index (χ2v) is 20.5. The van der Waals surface area contributed by atoms with E-state index in [1.165, 1.54) is 33.7 Å². The first-order valence-electron chi connectivity index (χ1n) is 26.7. The van der Waals surface area contributed by atoms with Crippen LogP contribution in [0.1, 0.15) is 11.1 Å². The van der Waals surface area contributed by atoms with Crippen LogP contribution in [-0.4, -0.2) is 23.7 Å². The van der Waals surface area contributed by atoms with Crippen molar-refractivity contribution in [1.29, 1.82) is 0 Å². The molecule has 0 amide bonds. The number of hydrogen-bond donors (Lipinski definition) is 0. The van der Waals surface area contributed by atoms with Crippen LogP contribution in [0.4, 0.5) is 13.2 Å². The number of fused-ring (bicyclic) bond motifs is 9. The molecule has 380 valence electrons. The van der Waals surface area contributed by atoms with Gasteiger partial charge in [0.1, 0.15) is 0 Å². The Balaban J connectivity index is 1.07. The van der Waals surface area contributed by atoms with Gasteiger partial charge in [-0.25, -0.2) is 9.97 Å². The molecule has 8 heteroatoms. The summed E-state index contributed by atoms with van der Waals surface area (Å²) in [7, 11) is 0. The highest BCUT2D eigenvalue weighted by atomic mass is 19.4. The van der Waals surface area contributed by atoms with Crippen molar-refractivity contribution in [2.75, 3.05) is 0 Å². The van der Waals surface area contributed by atoms with Gasteiger partial charge in [0.25, 0.3) is 0 Å². The van der Waals surface area contributed by atoms with Crippen LogP contribution in [0, 0.1) is 6.92 Å². The second-order valence-electron chi connectivity index (χ2n) is 20.5. The van der Waals surface area contributed by atoms with Gasteiger partial charge in [0.2, 0.25) is 0 Å². The summed E-state index contributed by atoms with van der Waals surface area (Å²) in [5, 5.41) is 6.68. The molecule has 0 unspecified atom stereocenters. The molecule has 0 atom stereocenters. The molecule has 4 aromatic heterocycles. The normalized spacial score (nSPS) is 12.0. The van der Waals surface area contributed by atoms with Gasteiger partial charge >= 0.3 is 6.18 Å². The molecule has 15 aromatic rings. The minimum atomic E-state index is -4.53. The van der Waals surface area contributed by atoms with Gasteiger partial charge in [0, 0.05) is 71.5 Å². The minimum Gasteiger partial charge on any atom is -0.309 e. The predicted molar refractivity (Wildman–Crippen MR) is 322 cm³/mol. The number of benzene rings is 11. The van der Waals surface area contributed by atoms with Gasteiger partial charge < -0.3 is 13.7 Å². The van der Waals surface area contributed by atoms with Crippen LogP contribution >= 0.6 is 0 Å². The van der Waals surface area contributed by atoms with Crippen molar-refractivity contribution in [3.8, 4) is 73.2 Å². The monoisotopic (exact) mass is 1040 g/mol. The first-order chi connectivity index (χ1) is 39.2. The van der Waals surface area contributed by atoms with Crippen molar-refractivity contribution >= 4 is 65.4 Å². The van der Waals surface area contributed by atoms with Gasteiger partial charge in [-0.1, -0.05) is 175 Å². The van der Waals surface area contributed by atoms with Gasteiger partial charge in [-0.15, -0.1) is 0 Å². The largest absolute Gasteiger partial charge is 0.416 e. The molecule has 0 spiro atoms. The summed E-state index contributed by atoms with van der Waals surface area (Å²) in [5.41, 5.74) is 16.5. The summed E-state index contributed by atoms with van der Waals surface area (Å²) in [6, 6.07) is 87.9. The maximum Gasteiger partial charge on any atom is 0.416 e. The van der Waals surface area contributed by atoms with E-state index in [1.54, 1.807) is 12.1 Å². The molecule has 80 heavy (non-hydrogen) atoms. The van der Waals surface area contributed by atoms with E-state index >= 15 is 0 Å². The summed E-state index contributed by atoms with van der Waals surface area (Å²) < 4.78 is 50.6. The molecule has 5 nitrogen and oxygen atoms in total. The molecule has 0 bridgehead atoms. The van der Waals surface area contributed by atoms with E-state index in [4.69, 9.17) is 9.97 Å². The zero-order valence-electron chi connectivity index (χ0n) is 43.2. The van der Waals surface area contributed by atoms with Crippen molar-refractivity contribution in [2.24, 2.45) is 0 Å². The summed E-state index contributed by atoms with van der Waals surface area (Å²) in [6.07, 6.45) is -4.53. The van der Waals surface area contributed by atoms with Gasteiger partial charge in [0.15, 0.2) is 5.82 Å². The van der Waals surface area contributed by atoms with E-state index in [0.717, 1.165) is 106 Å². The molecule has 0 saturated carbocycles. The van der Waals surface area contributed by atoms with Crippen LogP contribution in [0.15, 0.2) is 261 Å². The Labute approximate surface area is 458 Å². The average molecular weight is 1040 g/mol. The molecule has 0 aliphatic carbocycles. The quantitative estimate of drug-likeness (QED) is 0.152. The van der Waals surface area contributed by atoms with Gasteiger partial charge in [-0.05, 0) is 109 Å². The van der Waals surface area contributed by atoms with Gasteiger partial charge in [-0.3, -0.25) is 0 Å². The molecule has 0 radical (unpaired) electrons. The van der Waals surface area contributed by atoms with Crippen LogP contribution in [0.2, 0.25) is 0 Å². The van der Waals surface area contributed by atoms with E-state index in [2.05, 4.69) is 190 Å². The summed E-state index contributed by atoms with van der Waals surface area (Å²) in [6.45, 7) is 2.07. The van der Waals surface area contributed by atoms with Crippen molar-refractivity contribution in [2.45, 2.75) is 13.1 Å². The Hall–Kier alpha value is -10.3. The molecular weight excluding hydrogens is 992 g/mol. The highest BCUT2D eigenvalue weighted by Gasteiger charge is 2.31. The third-order valence-corrected chi connectivity index (χ3v) is 15.8. The SMILES string of the molecule is Cc1ccc(-c2cc(-c3cc(-c4ccccc4)nc(-c4ccccc4)n3)cc(-c3ccc(C(F)(F)F)cc3)c2-n2c3ccc(-n4c5ccccc5c5ccccc54)cc3c3cc(-n4c5ccccc5c5ccccc54)ccc32)cc1. The number of rotatable bonds is 8. The van der Waals surface area contributed by atoms with E-state index < -0.39 is 11.7 Å². The lowest BCUT2D eigenvalue weighted by Gasteiger charge is -2.22. The fraction of sp³-hybridized carbons (Fsp3) is 0.0278. The van der Waals surface area contributed by atoms with Gasteiger partial charge in [0.05, 0.1) is 55.7 Å². The standard InChI is InChI=1S/C72H46F3N5/c1-45-28-30-46(31-29-45)58-40-50(63-44-62(48-16-4-2-5-17-48)76-71(77-63)49-18-6-3-7-19-49)41-59(47-32-34-51(35-33-47)72(73,74)75)70(58)80-68-38-36-52(78-64-24-12-8-20-54(64)55-21-9-13-25-65(55)78)42-60(68)61-43-53(37-39-69(61)80)79-66-26-14-10-22-56(66)57-23-11-15-27-67(57)79/h2-44H,1H3. The highest BCUT2D eigenvalue weighted by molar-refractivity contribution is 6.15. The summed E-state index contributed by atoms with van der Waals surface area (Å²) in [4.78, 5) is 10.4. The molecule has 0 aliphatic rings. The first-order valence-corrected chi connectivity index (χ1v) is 26.7. The third kappa shape index (κ3) is 7.70. The van der Waals surface area contributed by atoms with Crippen LogP contribution < -0.4 is 0 Å². The number of nitrogens with zero attached hydrogens (tertiary/aromatic N) is 5. The van der Waals surface area contributed by atoms with Crippen molar-refractivity contribution in [3.05, 3.63) is 272 Å². The molecule has 4 heterocycles. The van der Waals surface area contributed by atoms with Crippen LogP contribution in [-0.2, 0) is 6.18 Å². The zero-order valence-corrected chi connectivity index (χ0v) is 43.2. The fourth-order valence-electron chi connectivity index (χ4n) is 12.0. The highest BCUT2D eigenvalue weighted by Crippen LogP contribution is 2.47. The number of halogens is 3. The maximum absolute atomic E-state index is 14.5. The number of para-hydroxylation sites is 4. The predicted octanol–water partition coefficient (Wildman–Crippen LogP) is 19.4. The maximum atomic E-state index is 14.5. The molecule has 11 aromatic carbocycles. The van der Waals surface area contributed by atoms with Crippen molar-refractivity contribution < 1.29 is 13.2 Å². The summed E-state index contributed by atoms with van der Waals surface area (Å²) >= 11 is 0. The second kappa shape index (κ2) is 18.4. The van der Waals surface area contributed by atoms with Gasteiger partial charge in [-0.2, -0.15) is 13.2 Å². The van der Waals surface area contributed by atoms with E-state index in [-0.39, 0.29) is 0 Å². The first kappa shape index (κ1) is 46.9. The van der Waals surface area contributed by atoms with Crippen molar-refractivity contribution in [1.82, 2.24) is 23.7 Å². The minimum absolute atomic E-state index is 0.555. The van der Waals surface area contributed by atoms with Crippen LogP contribution in [0.25, 0.3) is 139 Å². The number of alkyl halides is 3. The number of aromatic nitrogens is 5. The van der Waals surface area contributed by atoms with E-state index in [0.29, 0.717) is 17.1 Å². The van der Waals surface area contributed by atoms with Crippen molar-refractivity contribution in [3.63, 3.8) is 0 Å². The average Bonchev–Trinajstić information content (AvgIpc) is 4.34. The Morgan fingerprint density at radius 3 is 1.15 bits per heavy atom. The molecule has 15 rings (SSSR count). The Bertz CT molecular complexity index is 4580. The lowest BCUT2D eigenvalue weighted by Crippen LogP contribution is -2.05. The lowest BCUT2D eigenvalue weighted by atomic mass is 9.91. The Morgan fingerprint density at radius 2 is 0.700 bits per heavy atom. The molecular formula is C72H46F3N5. The third-order valence-electron chi connectivity index (χ3n) is 15.8. The molecule has 0 aliphatic heterocycles. The fourth-order valence-corrected chi connectivity index (χ4v) is 12.0. The number of aryl methyl sites for hydroxylation is 1. The lowest BCUT2D eigenvalue weighted by molar-refractivity contribution is -0.137. The summed E-state index contributed by atoms with van der Waals surface area (Å²) in [5.74, 6) is 0.555. The zero-order chi connectivity index (χ0) is 53.6. The Kier molecular flexibility index (Phi) is 10.8. The van der Waals surface area contributed by atoms with E-state index in [9.17, 15) is 13.2 Å². The Morgan fingerprint density at radius 1 is 0.312 bits per heavy atom. The molecule has 0 N–H and O–H groups in total. The molecule has 0 saturated heterocycles. The van der Waals surface area contributed by atoms with E-state index in [1.807, 2.05) is 66.7 Å².